The first-order chi connectivity index (χ1) is 17.9. The van der Waals surface area contributed by atoms with Crippen molar-refractivity contribution in [3.05, 3.63) is 66.1 Å². The van der Waals surface area contributed by atoms with Crippen molar-refractivity contribution in [2.75, 3.05) is 36.4 Å². The summed E-state index contributed by atoms with van der Waals surface area (Å²) in [7, 11) is -1.73. The molecular weight excluding hydrogens is 543 g/mol. The minimum absolute atomic E-state index is 0.137. The quantitative estimate of drug-likeness (QED) is 0.399. The van der Waals surface area contributed by atoms with Crippen molar-refractivity contribution in [1.29, 1.82) is 0 Å². The van der Waals surface area contributed by atoms with Crippen LogP contribution in [0.5, 0.6) is 5.75 Å². The standard InChI is InChI=1S/C23H20F7N5O2S/c24-15-2-4-16(5-3-15)31-20-14-19(22(25,26)27)32-21(33-20)34-10-1-11-35(13-12-34)38(36)18-8-6-17(7-9-18)37-23(28,29)30/h2-9,14H,1,10-13H2,(H,31,32,33). The van der Waals surface area contributed by atoms with Gasteiger partial charge in [-0.2, -0.15) is 18.2 Å². The zero-order valence-corrected chi connectivity index (χ0v) is 20.2. The second-order valence-corrected chi connectivity index (χ2v) is 9.59. The van der Waals surface area contributed by atoms with Gasteiger partial charge in [0.25, 0.3) is 0 Å². The van der Waals surface area contributed by atoms with E-state index in [1.807, 2.05) is 0 Å². The number of halogens is 7. The molecule has 0 amide bonds. The number of ether oxygens (including phenoxy) is 1. The van der Waals surface area contributed by atoms with Crippen molar-refractivity contribution in [2.24, 2.45) is 0 Å². The Hall–Kier alpha value is -3.46. The molecule has 0 bridgehead atoms. The molecule has 1 aliphatic heterocycles. The van der Waals surface area contributed by atoms with Crippen LogP contribution in [0.4, 0.5) is 48.2 Å². The maximum absolute atomic E-state index is 13.6. The summed E-state index contributed by atoms with van der Waals surface area (Å²) in [6.45, 7) is 0.874. The molecule has 1 aromatic heterocycles. The van der Waals surface area contributed by atoms with Gasteiger partial charge in [0, 0.05) is 37.9 Å². The summed E-state index contributed by atoms with van der Waals surface area (Å²) in [5.41, 5.74) is -0.841. The monoisotopic (exact) mass is 563 g/mol. The molecule has 1 atom stereocenters. The summed E-state index contributed by atoms with van der Waals surface area (Å²) in [6, 6.07) is 10.4. The molecule has 1 N–H and O–H groups in total. The van der Waals surface area contributed by atoms with Crippen LogP contribution in [0.25, 0.3) is 0 Å². The van der Waals surface area contributed by atoms with E-state index in [0.717, 1.165) is 30.3 Å². The van der Waals surface area contributed by atoms with Gasteiger partial charge in [-0.3, -0.25) is 0 Å². The Morgan fingerprint density at radius 2 is 1.55 bits per heavy atom. The highest BCUT2D eigenvalue weighted by Crippen LogP contribution is 2.32. The average molecular weight is 563 g/mol. The van der Waals surface area contributed by atoms with Crippen LogP contribution >= 0.6 is 0 Å². The largest absolute Gasteiger partial charge is 0.573 e. The molecule has 2 aromatic carbocycles. The van der Waals surface area contributed by atoms with Gasteiger partial charge in [-0.25, -0.2) is 17.9 Å². The van der Waals surface area contributed by atoms with Gasteiger partial charge in [-0.15, -0.1) is 13.2 Å². The van der Waals surface area contributed by atoms with Gasteiger partial charge in [0.05, 0.1) is 4.90 Å². The highest BCUT2D eigenvalue weighted by molar-refractivity contribution is 7.82. The molecule has 0 spiro atoms. The summed E-state index contributed by atoms with van der Waals surface area (Å²) < 4.78 is 109. The van der Waals surface area contributed by atoms with Gasteiger partial charge in [0.15, 0.2) is 5.69 Å². The Morgan fingerprint density at radius 3 is 2.18 bits per heavy atom. The van der Waals surface area contributed by atoms with Crippen LogP contribution in [0.1, 0.15) is 12.1 Å². The van der Waals surface area contributed by atoms with E-state index in [4.69, 9.17) is 0 Å². The van der Waals surface area contributed by atoms with Gasteiger partial charge < -0.3 is 15.0 Å². The molecule has 0 saturated carbocycles. The lowest BCUT2D eigenvalue weighted by atomic mass is 10.3. The lowest BCUT2D eigenvalue weighted by Crippen LogP contribution is -2.33. The smallest absolute Gasteiger partial charge is 0.406 e. The SMILES string of the molecule is O=S(c1ccc(OC(F)(F)F)cc1)N1CCCN(c2nc(Nc3ccc(F)cc3)cc(C(F)(F)F)n2)CC1. The Bertz CT molecular complexity index is 1270. The van der Waals surface area contributed by atoms with Crippen molar-refractivity contribution >= 4 is 28.4 Å². The Morgan fingerprint density at radius 1 is 0.868 bits per heavy atom. The van der Waals surface area contributed by atoms with Gasteiger partial charge in [-0.1, -0.05) is 0 Å². The molecule has 4 rings (SSSR count). The van der Waals surface area contributed by atoms with Crippen LogP contribution in [0.15, 0.2) is 59.5 Å². The number of hydrogen-bond donors (Lipinski definition) is 1. The van der Waals surface area contributed by atoms with Crippen molar-refractivity contribution in [1.82, 2.24) is 14.3 Å². The number of aromatic nitrogens is 2. The molecule has 0 aliphatic carbocycles. The summed E-state index contributed by atoms with van der Waals surface area (Å²) in [5, 5.41) is 2.72. The molecule has 1 aliphatic rings. The van der Waals surface area contributed by atoms with E-state index >= 15 is 0 Å². The van der Waals surface area contributed by atoms with E-state index in [2.05, 4.69) is 20.0 Å². The predicted octanol–water partition coefficient (Wildman–Crippen LogP) is 5.51. The van der Waals surface area contributed by atoms with Gasteiger partial charge >= 0.3 is 12.5 Å². The number of alkyl halides is 6. The van der Waals surface area contributed by atoms with Crippen molar-refractivity contribution in [2.45, 2.75) is 23.9 Å². The molecule has 3 aromatic rings. The average Bonchev–Trinajstić information content (AvgIpc) is 3.10. The predicted molar refractivity (Wildman–Crippen MR) is 125 cm³/mol. The number of nitrogens with zero attached hydrogens (tertiary/aromatic N) is 4. The Labute approximate surface area is 214 Å². The van der Waals surface area contributed by atoms with Crippen molar-refractivity contribution < 1.29 is 39.7 Å². The van der Waals surface area contributed by atoms with E-state index in [9.17, 15) is 34.9 Å². The number of nitrogens with one attached hydrogen (secondary N) is 1. The highest BCUT2D eigenvalue weighted by atomic mass is 32.2. The Kier molecular flexibility index (Phi) is 8.06. The molecule has 0 radical (unpaired) electrons. The third kappa shape index (κ3) is 7.31. The molecule has 7 nitrogen and oxygen atoms in total. The maximum atomic E-state index is 13.6. The van der Waals surface area contributed by atoms with Crippen LogP contribution < -0.4 is 15.0 Å². The van der Waals surface area contributed by atoms with Crippen LogP contribution in [-0.4, -0.2) is 51.0 Å². The van der Waals surface area contributed by atoms with Gasteiger partial charge in [-0.05, 0) is 55.0 Å². The molecule has 2 heterocycles. The van der Waals surface area contributed by atoms with Crippen LogP contribution in [0, 0.1) is 5.82 Å². The zero-order valence-electron chi connectivity index (χ0n) is 19.4. The fraction of sp³-hybridized carbons (Fsp3) is 0.304. The summed E-state index contributed by atoms with van der Waals surface area (Å²) in [6.07, 6.45) is -9.20. The summed E-state index contributed by atoms with van der Waals surface area (Å²) in [4.78, 5) is 9.66. The lowest BCUT2D eigenvalue weighted by molar-refractivity contribution is -0.274. The van der Waals surface area contributed by atoms with Crippen LogP contribution in [0.2, 0.25) is 0 Å². The zero-order chi connectivity index (χ0) is 27.5. The minimum atomic E-state index is -4.85. The molecule has 1 saturated heterocycles. The molecule has 1 fully saturated rings. The molecular formula is C23H20F7N5O2S. The van der Waals surface area contributed by atoms with Crippen LogP contribution in [-0.2, 0) is 17.2 Å². The first-order valence-corrected chi connectivity index (χ1v) is 12.2. The lowest BCUT2D eigenvalue weighted by Gasteiger charge is -2.23. The first kappa shape index (κ1) is 27.6. The number of hydrogen-bond acceptors (Lipinski definition) is 6. The fourth-order valence-corrected chi connectivity index (χ4v) is 4.84. The molecule has 1 unspecified atom stereocenters. The minimum Gasteiger partial charge on any atom is -0.406 e. The second kappa shape index (κ2) is 11.1. The van der Waals surface area contributed by atoms with E-state index < -0.39 is 40.8 Å². The third-order valence-corrected chi connectivity index (χ3v) is 6.86. The fourth-order valence-electron chi connectivity index (χ4n) is 3.63. The third-order valence-electron chi connectivity index (χ3n) is 5.35. The van der Waals surface area contributed by atoms with E-state index in [1.54, 1.807) is 4.31 Å². The maximum Gasteiger partial charge on any atom is 0.573 e. The van der Waals surface area contributed by atoms with Gasteiger partial charge in [0.1, 0.15) is 28.4 Å². The first-order valence-electron chi connectivity index (χ1n) is 11.1. The van der Waals surface area contributed by atoms with Crippen molar-refractivity contribution in [3.8, 4) is 5.75 Å². The number of anilines is 3. The van der Waals surface area contributed by atoms with Gasteiger partial charge in [0.2, 0.25) is 5.95 Å². The highest BCUT2D eigenvalue weighted by Gasteiger charge is 2.35. The van der Waals surface area contributed by atoms with E-state index in [-0.39, 0.29) is 36.3 Å². The summed E-state index contributed by atoms with van der Waals surface area (Å²) in [5.74, 6) is -1.29. The number of benzene rings is 2. The second-order valence-electron chi connectivity index (χ2n) is 8.11. The topological polar surface area (TPSA) is 70.6 Å². The molecule has 15 heteroatoms. The summed E-state index contributed by atoms with van der Waals surface area (Å²) >= 11 is 0. The normalized spacial score (nSPS) is 16.1. The number of rotatable bonds is 6. The van der Waals surface area contributed by atoms with Crippen LogP contribution in [0.3, 0.4) is 0 Å². The Balaban J connectivity index is 1.49. The van der Waals surface area contributed by atoms with Crippen molar-refractivity contribution in [3.63, 3.8) is 0 Å². The molecule has 38 heavy (non-hydrogen) atoms. The van der Waals surface area contributed by atoms with E-state index in [1.165, 1.54) is 29.2 Å². The molecule has 204 valence electrons. The van der Waals surface area contributed by atoms with E-state index in [0.29, 0.717) is 18.7 Å².